The lowest BCUT2D eigenvalue weighted by atomic mass is 9.87. The first-order valence-electron chi connectivity index (χ1n) is 7.53. The molecule has 1 aliphatic carbocycles. The van der Waals surface area contributed by atoms with E-state index in [2.05, 4.69) is 10.3 Å². The topological polar surface area (TPSA) is 74.6 Å². The average Bonchev–Trinajstić information content (AvgIpc) is 3.05. The van der Waals surface area contributed by atoms with E-state index >= 15 is 0 Å². The van der Waals surface area contributed by atoms with E-state index in [-0.39, 0.29) is 6.04 Å². The van der Waals surface area contributed by atoms with Crippen molar-refractivity contribution in [3.05, 3.63) is 46.7 Å². The quantitative estimate of drug-likeness (QED) is 0.774. The van der Waals surface area contributed by atoms with Crippen LogP contribution in [0, 0.1) is 5.82 Å². The van der Waals surface area contributed by atoms with Crippen LogP contribution in [0.4, 0.5) is 4.39 Å². The molecule has 2 aromatic rings. The van der Waals surface area contributed by atoms with E-state index in [4.69, 9.17) is 4.74 Å². The minimum atomic E-state index is -1.03. The number of hydrogen-bond donors (Lipinski definition) is 3. The molecule has 5 nitrogen and oxygen atoms in total. The van der Waals surface area contributed by atoms with Crippen LogP contribution >= 0.6 is 11.3 Å². The van der Waals surface area contributed by atoms with Crippen molar-refractivity contribution in [2.24, 2.45) is 0 Å². The normalized spacial score (nSPS) is 27.8. The van der Waals surface area contributed by atoms with Crippen molar-refractivity contribution in [1.29, 1.82) is 0 Å². The summed E-state index contributed by atoms with van der Waals surface area (Å²) in [5.74, 6) is -0.0354. The van der Waals surface area contributed by atoms with E-state index in [0.29, 0.717) is 25.1 Å². The third kappa shape index (κ3) is 4.06. The van der Waals surface area contributed by atoms with Gasteiger partial charge in [0, 0.05) is 30.2 Å². The SMILES string of the molecule is O[C@H]1[C@H](O)[C@H](Oc2cccc(F)c2)CC[C@H]1NCc1nccs1. The van der Waals surface area contributed by atoms with Crippen molar-refractivity contribution in [2.45, 2.75) is 43.7 Å². The van der Waals surface area contributed by atoms with Gasteiger partial charge >= 0.3 is 0 Å². The molecule has 3 N–H and O–H groups in total. The molecule has 0 amide bonds. The van der Waals surface area contributed by atoms with Crippen LogP contribution in [-0.4, -0.2) is 39.6 Å². The van der Waals surface area contributed by atoms with Gasteiger partial charge in [-0.3, -0.25) is 0 Å². The summed E-state index contributed by atoms with van der Waals surface area (Å²) in [6, 6.07) is 5.56. The Balaban J connectivity index is 1.56. The number of nitrogens with zero attached hydrogens (tertiary/aromatic N) is 1. The molecular weight excluding hydrogens is 319 g/mol. The van der Waals surface area contributed by atoms with Gasteiger partial charge in [-0.05, 0) is 25.0 Å². The molecule has 1 aromatic carbocycles. The summed E-state index contributed by atoms with van der Waals surface area (Å²) >= 11 is 1.54. The Bertz CT molecular complexity index is 626. The predicted octanol–water partition coefficient (Wildman–Crippen LogP) is 1.70. The molecule has 0 aliphatic heterocycles. The standard InChI is InChI=1S/C16H19FN2O3S/c17-10-2-1-3-11(8-10)22-13-5-4-12(15(20)16(13)21)19-9-14-18-6-7-23-14/h1-3,6-8,12-13,15-16,19-21H,4-5,9H2/t12-,13-,15-,16-/m1/s1. The fraction of sp³-hybridized carbons (Fsp3) is 0.438. The van der Waals surface area contributed by atoms with Gasteiger partial charge < -0.3 is 20.3 Å². The van der Waals surface area contributed by atoms with E-state index in [1.165, 1.54) is 23.5 Å². The molecule has 1 fully saturated rings. The number of aliphatic hydroxyl groups is 2. The number of ether oxygens (including phenoxy) is 1. The number of halogens is 1. The third-order valence-electron chi connectivity index (χ3n) is 3.99. The number of aromatic nitrogens is 1. The van der Waals surface area contributed by atoms with Gasteiger partial charge in [-0.1, -0.05) is 6.07 Å². The van der Waals surface area contributed by atoms with E-state index in [1.54, 1.807) is 18.3 Å². The van der Waals surface area contributed by atoms with E-state index < -0.39 is 24.1 Å². The summed E-state index contributed by atoms with van der Waals surface area (Å²) in [5.41, 5.74) is 0. The maximum absolute atomic E-state index is 13.2. The second kappa shape index (κ2) is 7.35. The monoisotopic (exact) mass is 338 g/mol. The summed E-state index contributed by atoms with van der Waals surface area (Å²) in [6.07, 6.45) is 0.442. The Morgan fingerprint density at radius 1 is 1.30 bits per heavy atom. The van der Waals surface area contributed by atoms with Gasteiger partial charge in [-0.2, -0.15) is 0 Å². The largest absolute Gasteiger partial charge is 0.488 e. The zero-order chi connectivity index (χ0) is 16.2. The minimum Gasteiger partial charge on any atom is -0.488 e. The summed E-state index contributed by atoms with van der Waals surface area (Å²) in [4.78, 5) is 4.18. The van der Waals surface area contributed by atoms with E-state index in [0.717, 1.165) is 5.01 Å². The van der Waals surface area contributed by atoms with Crippen molar-refractivity contribution in [3.8, 4) is 5.75 Å². The summed E-state index contributed by atoms with van der Waals surface area (Å²) in [6.45, 7) is 0.557. The highest BCUT2D eigenvalue weighted by molar-refractivity contribution is 7.09. The fourth-order valence-corrected chi connectivity index (χ4v) is 3.34. The maximum Gasteiger partial charge on any atom is 0.127 e. The van der Waals surface area contributed by atoms with Crippen LogP contribution in [-0.2, 0) is 6.54 Å². The number of nitrogens with one attached hydrogen (secondary N) is 1. The molecule has 0 radical (unpaired) electrons. The Morgan fingerprint density at radius 2 is 2.17 bits per heavy atom. The highest BCUT2D eigenvalue weighted by Gasteiger charge is 2.38. The molecular formula is C16H19FN2O3S. The Morgan fingerprint density at radius 3 is 2.91 bits per heavy atom. The molecule has 0 bridgehead atoms. The van der Waals surface area contributed by atoms with Crippen LogP contribution < -0.4 is 10.1 Å². The average molecular weight is 338 g/mol. The molecule has 0 spiro atoms. The van der Waals surface area contributed by atoms with Crippen molar-refractivity contribution in [2.75, 3.05) is 0 Å². The van der Waals surface area contributed by atoms with Crippen molar-refractivity contribution in [1.82, 2.24) is 10.3 Å². The van der Waals surface area contributed by atoms with Gasteiger partial charge in [0.05, 0.1) is 6.10 Å². The first kappa shape index (κ1) is 16.3. The summed E-state index contributed by atoms with van der Waals surface area (Å²) in [5, 5.41) is 26.6. The molecule has 1 saturated carbocycles. The summed E-state index contributed by atoms with van der Waals surface area (Å²) in [7, 11) is 0. The molecule has 0 saturated heterocycles. The zero-order valence-electron chi connectivity index (χ0n) is 12.4. The van der Waals surface area contributed by atoms with Gasteiger partial charge in [-0.25, -0.2) is 9.37 Å². The third-order valence-corrected chi connectivity index (χ3v) is 4.77. The zero-order valence-corrected chi connectivity index (χ0v) is 13.2. The highest BCUT2D eigenvalue weighted by Crippen LogP contribution is 2.25. The van der Waals surface area contributed by atoms with Crippen LogP contribution in [0.3, 0.4) is 0 Å². The molecule has 1 aliphatic rings. The number of benzene rings is 1. The first-order chi connectivity index (χ1) is 11.1. The number of rotatable bonds is 5. The van der Waals surface area contributed by atoms with Crippen molar-refractivity contribution < 1.29 is 19.3 Å². The minimum absolute atomic E-state index is 0.221. The van der Waals surface area contributed by atoms with Crippen LogP contribution in [0.25, 0.3) is 0 Å². The smallest absolute Gasteiger partial charge is 0.127 e. The molecule has 0 unspecified atom stereocenters. The Kier molecular flexibility index (Phi) is 5.22. The highest BCUT2D eigenvalue weighted by atomic mass is 32.1. The van der Waals surface area contributed by atoms with Gasteiger partial charge in [0.15, 0.2) is 0 Å². The van der Waals surface area contributed by atoms with Crippen LogP contribution in [0.1, 0.15) is 17.8 Å². The molecule has 3 rings (SSSR count). The summed E-state index contributed by atoms with van der Waals surface area (Å²) < 4.78 is 18.8. The second-order valence-electron chi connectivity index (χ2n) is 5.59. The van der Waals surface area contributed by atoms with Gasteiger partial charge in [0.2, 0.25) is 0 Å². The number of aliphatic hydroxyl groups excluding tert-OH is 2. The van der Waals surface area contributed by atoms with Crippen LogP contribution in [0.2, 0.25) is 0 Å². The van der Waals surface area contributed by atoms with E-state index in [9.17, 15) is 14.6 Å². The molecule has 1 aromatic heterocycles. The Hall–Kier alpha value is -1.54. The van der Waals surface area contributed by atoms with Crippen LogP contribution in [0.5, 0.6) is 5.75 Å². The lowest BCUT2D eigenvalue weighted by Gasteiger charge is -2.37. The van der Waals surface area contributed by atoms with E-state index in [1.807, 2.05) is 5.38 Å². The second-order valence-corrected chi connectivity index (χ2v) is 6.56. The number of hydrogen-bond acceptors (Lipinski definition) is 6. The molecule has 23 heavy (non-hydrogen) atoms. The van der Waals surface area contributed by atoms with Crippen molar-refractivity contribution in [3.63, 3.8) is 0 Å². The Labute approximate surface area is 137 Å². The molecule has 7 heteroatoms. The fourth-order valence-electron chi connectivity index (χ4n) is 2.77. The molecule has 4 atom stereocenters. The maximum atomic E-state index is 13.2. The lowest BCUT2D eigenvalue weighted by Crippen LogP contribution is -2.55. The van der Waals surface area contributed by atoms with Crippen molar-refractivity contribution >= 4 is 11.3 Å². The van der Waals surface area contributed by atoms with Gasteiger partial charge in [0.25, 0.3) is 0 Å². The van der Waals surface area contributed by atoms with Gasteiger partial charge in [-0.15, -0.1) is 11.3 Å². The predicted molar refractivity (Wildman–Crippen MR) is 84.8 cm³/mol. The van der Waals surface area contributed by atoms with Crippen LogP contribution in [0.15, 0.2) is 35.8 Å². The van der Waals surface area contributed by atoms with Gasteiger partial charge in [0.1, 0.15) is 28.8 Å². The molecule has 1 heterocycles. The number of thiazole rings is 1. The lowest BCUT2D eigenvalue weighted by molar-refractivity contribution is -0.0893. The molecule has 124 valence electrons. The first-order valence-corrected chi connectivity index (χ1v) is 8.41.